The van der Waals surface area contributed by atoms with Crippen molar-refractivity contribution in [3.8, 4) is 0 Å². The molecule has 0 spiro atoms. The van der Waals surface area contributed by atoms with Crippen molar-refractivity contribution >= 4 is 27.7 Å². The summed E-state index contributed by atoms with van der Waals surface area (Å²) in [5.41, 5.74) is 1.55. The van der Waals surface area contributed by atoms with Gasteiger partial charge in [-0.25, -0.2) is 14.9 Å². The van der Waals surface area contributed by atoms with Crippen LogP contribution in [0, 0.1) is 6.92 Å². The van der Waals surface area contributed by atoms with Gasteiger partial charge in [0.25, 0.3) is 6.55 Å². The number of benzene rings is 1. The van der Waals surface area contributed by atoms with Gasteiger partial charge >= 0.3 is 0 Å². The predicted octanol–water partition coefficient (Wildman–Crippen LogP) is 2.58. The number of fused-ring (bicyclic) bond motifs is 1. The summed E-state index contributed by atoms with van der Waals surface area (Å²) < 4.78 is 39.3. The van der Waals surface area contributed by atoms with Gasteiger partial charge in [-0.3, -0.25) is 4.79 Å². The Kier molecular flexibility index (Phi) is 6.71. The molecule has 0 radical (unpaired) electrons. The number of nitrogens with zero attached hydrogens (tertiary/aromatic N) is 6. The molecule has 5 rings (SSSR count). The van der Waals surface area contributed by atoms with Crippen LogP contribution in [0.15, 0.2) is 39.4 Å². The van der Waals surface area contributed by atoms with Crippen molar-refractivity contribution in [2.75, 3.05) is 24.7 Å². The zero-order chi connectivity index (χ0) is 24.5. The number of alkyl halides is 2. The Hall–Kier alpha value is -3.03. The van der Waals surface area contributed by atoms with E-state index < -0.39 is 18.6 Å². The third-order valence-electron chi connectivity index (χ3n) is 5.96. The number of carbonyl (C=O) groups is 1. The molecule has 0 aliphatic carbocycles. The molecular weight excluding hydrogens is 528 g/mol. The number of rotatable bonds is 6. The normalized spacial score (nSPS) is 20.3. The van der Waals surface area contributed by atoms with E-state index in [0.717, 1.165) is 16.0 Å². The van der Waals surface area contributed by atoms with Gasteiger partial charge in [-0.2, -0.15) is 8.78 Å². The molecule has 2 aliphatic rings. The first-order valence-electron chi connectivity index (χ1n) is 11.0. The molecule has 3 aromatic rings. The van der Waals surface area contributed by atoms with E-state index in [9.17, 15) is 13.6 Å². The first-order valence-corrected chi connectivity index (χ1v) is 11.8. The van der Waals surface area contributed by atoms with Crippen LogP contribution in [0.5, 0.6) is 0 Å². The quantitative estimate of drug-likeness (QED) is 0.464. The van der Waals surface area contributed by atoms with Crippen molar-refractivity contribution in [2.24, 2.45) is 0 Å². The van der Waals surface area contributed by atoms with Gasteiger partial charge in [-0.1, -0.05) is 24.3 Å². The average Bonchev–Trinajstić information content (AvgIpc) is 3.46. The van der Waals surface area contributed by atoms with Crippen LogP contribution in [0.1, 0.15) is 34.8 Å². The largest absolute Gasteiger partial charge is 0.424 e. The second-order valence-corrected chi connectivity index (χ2v) is 9.02. The van der Waals surface area contributed by atoms with Crippen molar-refractivity contribution in [1.82, 2.24) is 30.4 Å². The molecule has 1 aromatic carbocycles. The second kappa shape index (κ2) is 9.91. The van der Waals surface area contributed by atoms with E-state index in [-0.39, 0.29) is 37.3 Å². The molecule has 4 heterocycles. The average molecular weight is 550 g/mol. The summed E-state index contributed by atoms with van der Waals surface area (Å²) in [6, 6.07) is 5.79. The van der Waals surface area contributed by atoms with Crippen LogP contribution in [0.3, 0.4) is 0 Å². The van der Waals surface area contributed by atoms with E-state index in [4.69, 9.17) is 9.15 Å². The molecule has 1 N–H and O–H groups in total. The van der Waals surface area contributed by atoms with E-state index in [1.807, 2.05) is 24.3 Å². The maximum absolute atomic E-state index is 13.9. The number of amides is 1. The molecule has 0 saturated carbocycles. The Bertz CT molecular complexity index is 1230. The lowest BCUT2D eigenvalue weighted by Crippen LogP contribution is -2.54. The lowest BCUT2D eigenvalue weighted by atomic mass is 10.0. The summed E-state index contributed by atoms with van der Waals surface area (Å²) in [6.07, 6.45) is 1.54. The summed E-state index contributed by atoms with van der Waals surface area (Å²) in [6.45, 7) is 0.0549. The summed E-state index contributed by atoms with van der Waals surface area (Å²) in [4.78, 5) is 24.9. The Balaban J connectivity index is 1.43. The van der Waals surface area contributed by atoms with Crippen LogP contribution in [0.4, 0.5) is 14.6 Å². The van der Waals surface area contributed by atoms with Crippen LogP contribution >= 0.6 is 15.9 Å². The molecular formula is C22H22BrF2N7O3. The van der Waals surface area contributed by atoms with E-state index in [1.165, 1.54) is 6.20 Å². The van der Waals surface area contributed by atoms with Crippen molar-refractivity contribution in [1.29, 1.82) is 0 Å². The van der Waals surface area contributed by atoms with Crippen LogP contribution in [-0.2, 0) is 22.6 Å². The fourth-order valence-corrected chi connectivity index (χ4v) is 4.77. The number of halogens is 3. The molecule has 35 heavy (non-hydrogen) atoms. The van der Waals surface area contributed by atoms with Gasteiger partial charge in [0.2, 0.25) is 17.7 Å². The molecule has 10 nitrogen and oxygen atoms in total. The number of aromatic nitrogens is 4. The molecule has 2 aromatic heterocycles. The van der Waals surface area contributed by atoms with Gasteiger partial charge in [-0.05, 0) is 27.1 Å². The van der Waals surface area contributed by atoms with E-state index >= 15 is 0 Å². The van der Waals surface area contributed by atoms with Crippen molar-refractivity contribution in [2.45, 2.75) is 38.6 Å². The first-order chi connectivity index (χ1) is 16.9. The maximum atomic E-state index is 13.9. The lowest BCUT2D eigenvalue weighted by Gasteiger charge is -2.36. The summed E-state index contributed by atoms with van der Waals surface area (Å²) in [7, 11) is 0. The second-order valence-electron chi connectivity index (χ2n) is 8.17. The molecule has 1 fully saturated rings. The number of hydrogen-bond donors (Lipinski definition) is 1. The van der Waals surface area contributed by atoms with Crippen LogP contribution in [0.2, 0.25) is 0 Å². The Morgan fingerprint density at radius 3 is 2.91 bits per heavy atom. The van der Waals surface area contributed by atoms with E-state index in [0.29, 0.717) is 29.3 Å². The number of carbonyl (C=O) groups excluding carboxylic acids is 1. The van der Waals surface area contributed by atoms with Gasteiger partial charge in [0.15, 0.2) is 5.82 Å². The number of morpholine rings is 1. The number of anilines is 1. The molecule has 2 unspecified atom stereocenters. The summed E-state index contributed by atoms with van der Waals surface area (Å²) in [5, 5.41) is 10.4. The lowest BCUT2D eigenvalue weighted by molar-refractivity contribution is -0.125. The number of aryl methyl sites for hydroxylation is 1. The van der Waals surface area contributed by atoms with Gasteiger partial charge in [0.05, 0.1) is 24.2 Å². The zero-order valence-corrected chi connectivity index (χ0v) is 20.3. The molecule has 0 bridgehead atoms. The highest BCUT2D eigenvalue weighted by Gasteiger charge is 2.39. The summed E-state index contributed by atoms with van der Waals surface area (Å²) in [5.74, 6) is 1.05. The van der Waals surface area contributed by atoms with E-state index in [1.54, 1.807) is 11.8 Å². The minimum Gasteiger partial charge on any atom is -0.424 e. The van der Waals surface area contributed by atoms with Gasteiger partial charge < -0.3 is 19.4 Å². The third kappa shape index (κ3) is 4.75. The fourth-order valence-electron chi connectivity index (χ4n) is 4.35. The SMILES string of the molecule is Cc1nnc(CNC(=O)C2COCCN2c2nc(C3c4ccccc4CN3C(F)F)ncc2Br)o1. The standard InChI is InChI=1S/C22H22BrF2N7O3/c1-12-29-30-17(35-12)9-27-21(33)16-11-34-7-6-31(16)20-15(23)8-26-19(28-20)18-14-5-3-2-4-13(14)10-32(18)22(24)25/h2-5,8,16,18,22H,6-7,9-11H2,1H3,(H,27,33). The topological polar surface area (TPSA) is 110 Å². The van der Waals surface area contributed by atoms with Crippen molar-refractivity contribution < 1.29 is 22.7 Å². The Morgan fingerprint density at radius 2 is 2.14 bits per heavy atom. The maximum Gasteiger partial charge on any atom is 0.295 e. The molecule has 1 saturated heterocycles. The molecule has 13 heteroatoms. The van der Waals surface area contributed by atoms with Gasteiger partial charge in [-0.15, -0.1) is 10.2 Å². The number of hydrogen-bond acceptors (Lipinski definition) is 9. The smallest absolute Gasteiger partial charge is 0.295 e. The minimum absolute atomic E-state index is 0.0718. The predicted molar refractivity (Wildman–Crippen MR) is 122 cm³/mol. The van der Waals surface area contributed by atoms with E-state index in [2.05, 4.69) is 41.4 Å². The number of ether oxygens (including phenoxy) is 1. The minimum atomic E-state index is -2.68. The van der Waals surface area contributed by atoms with Gasteiger partial charge in [0, 0.05) is 26.2 Å². The highest BCUT2D eigenvalue weighted by molar-refractivity contribution is 9.10. The highest BCUT2D eigenvalue weighted by atomic mass is 79.9. The highest BCUT2D eigenvalue weighted by Crippen LogP contribution is 2.40. The van der Waals surface area contributed by atoms with Crippen LogP contribution in [-0.4, -0.2) is 63.3 Å². The monoisotopic (exact) mass is 549 g/mol. The molecule has 2 atom stereocenters. The van der Waals surface area contributed by atoms with Crippen LogP contribution < -0.4 is 10.2 Å². The van der Waals surface area contributed by atoms with Crippen molar-refractivity contribution in [3.63, 3.8) is 0 Å². The van der Waals surface area contributed by atoms with Gasteiger partial charge in [0.1, 0.15) is 17.9 Å². The molecule has 2 aliphatic heterocycles. The number of nitrogens with one attached hydrogen (secondary N) is 1. The Labute approximate surface area is 207 Å². The zero-order valence-electron chi connectivity index (χ0n) is 18.7. The fraction of sp³-hybridized carbons (Fsp3) is 0.409. The molecule has 1 amide bonds. The van der Waals surface area contributed by atoms with Crippen molar-refractivity contribution in [3.05, 3.63) is 63.7 Å². The third-order valence-corrected chi connectivity index (χ3v) is 6.52. The molecule has 184 valence electrons. The first kappa shape index (κ1) is 23.7. The summed E-state index contributed by atoms with van der Waals surface area (Å²) >= 11 is 3.47. The Morgan fingerprint density at radius 1 is 1.31 bits per heavy atom. The van der Waals surface area contributed by atoms with Crippen LogP contribution in [0.25, 0.3) is 0 Å².